The Balaban J connectivity index is 2.91. The first-order chi connectivity index (χ1) is 5.24. The van der Waals surface area contributed by atoms with Crippen molar-refractivity contribution in [2.75, 3.05) is 0 Å². The zero-order valence-corrected chi connectivity index (χ0v) is 6.50. The third kappa shape index (κ3) is 1.92. The summed E-state index contributed by atoms with van der Waals surface area (Å²) in [7, 11) is 0.526. The van der Waals surface area contributed by atoms with E-state index in [2.05, 4.69) is 0 Å². The molecule has 0 aliphatic heterocycles. The molecule has 0 bridgehead atoms. The fourth-order valence-corrected chi connectivity index (χ4v) is 0.876. The SMILES string of the molecule is CC(=O)c1ccc(BN)cc1. The largest absolute Gasteiger partial charge is 0.369 e. The Morgan fingerprint density at radius 1 is 1.36 bits per heavy atom. The number of ketones is 1. The van der Waals surface area contributed by atoms with Gasteiger partial charge in [0, 0.05) is 5.56 Å². The fourth-order valence-electron chi connectivity index (χ4n) is 0.876. The Kier molecular flexibility index (Phi) is 2.44. The second kappa shape index (κ2) is 3.35. The van der Waals surface area contributed by atoms with Crippen molar-refractivity contribution >= 4 is 18.7 Å². The summed E-state index contributed by atoms with van der Waals surface area (Å²) >= 11 is 0. The Hall–Kier alpha value is -1.09. The van der Waals surface area contributed by atoms with Crippen LogP contribution < -0.4 is 11.1 Å². The van der Waals surface area contributed by atoms with E-state index in [-0.39, 0.29) is 5.78 Å². The van der Waals surface area contributed by atoms with Gasteiger partial charge in [-0.05, 0) is 6.92 Å². The molecule has 0 spiro atoms. The molecule has 11 heavy (non-hydrogen) atoms. The van der Waals surface area contributed by atoms with Gasteiger partial charge in [-0.15, -0.1) is 0 Å². The van der Waals surface area contributed by atoms with Gasteiger partial charge in [0.05, 0.1) is 0 Å². The topological polar surface area (TPSA) is 43.1 Å². The van der Waals surface area contributed by atoms with Crippen LogP contribution in [0.2, 0.25) is 0 Å². The quantitative estimate of drug-likeness (QED) is 0.465. The van der Waals surface area contributed by atoms with Crippen molar-refractivity contribution < 1.29 is 4.79 Å². The van der Waals surface area contributed by atoms with E-state index in [4.69, 9.17) is 5.64 Å². The first-order valence-corrected chi connectivity index (χ1v) is 3.54. The minimum absolute atomic E-state index is 0.0913. The second-order valence-electron chi connectivity index (χ2n) is 2.46. The lowest BCUT2D eigenvalue weighted by atomic mass is 9.84. The predicted octanol–water partition coefficient (Wildman–Crippen LogP) is -0.175. The number of carbonyl (C=O) groups is 1. The molecule has 2 N–H and O–H groups in total. The number of hydrogen-bond donors (Lipinski definition) is 1. The van der Waals surface area contributed by atoms with Crippen LogP contribution in [0.4, 0.5) is 0 Å². The first-order valence-electron chi connectivity index (χ1n) is 3.54. The average Bonchev–Trinajstić information content (AvgIpc) is 2.05. The molecule has 3 heteroatoms. The molecule has 0 fully saturated rings. The summed E-state index contributed by atoms with van der Waals surface area (Å²) in [4.78, 5) is 10.8. The van der Waals surface area contributed by atoms with Gasteiger partial charge in [-0.25, -0.2) is 0 Å². The standard InChI is InChI=1S/C8H10BNO/c1-6(11)7-2-4-8(9-10)5-3-7/h2-5,9H,10H2,1H3. The number of carbonyl (C=O) groups excluding carboxylic acids is 1. The van der Waals surface area contributed by atoms with Crippen LogP contribution >= 0.6 is 0 Å². The van der Waals surface area contributed by atoms with E-state index in [9.17, 15) is 4.79 Å². The maximum Gasteiger partial charge on any atom is 0.233 e. The van der Waals surface area contributed by atoms with Gasteiger partial charge in [-0.2, -0.15) is 0 Å². The van der Waals surface area contributed by atoms with Crippen LogP contribution in [0.5, 0.6) is 0 Å². The summed E-state index contributed by atoms with van der Waals surface area (Å²) in [5.41, 5.74) is 7.18. The van der Waals surface area contributed by atoms with Crippen molar-refractivity contribution in [2.45, 2.75) is 6.92 Å². The number of benzene rings is 1. The maximum atomic E-state index is 10.8. The van der Waals surface area contributed by atoms with Gasteiger partial charge in [0.15, 0.2) is 5.78 Å². The van der Waals surface area contributed by atoms with Gasteiger partial charge < -0.3 is 5.64 Å². The molecular weight excluding hydrogens is 137 g/mol. The highest BCUT2D eigenvalue weighted by molar-refractivity contribution is 6.49. The molecule has 0 aliphatic rings. The van der Waals surface area contributed by atoms with Crippen molar-refractivity contribution in [3.8, 4) is 0 Å². The molecule has 0 amide bonds. The Bertz CT molecular complexity index is 255. The molecule has 56 valence electrons. The third-order valence-corrected chi connectivity index (χ3v) is 1.60. The molecule has 0 aromatic heterocycles. The number of Topliss-reactive ketones (excluding diaryl/α,β-unsaturated/α-hetero) is 1. The minimum atomic E-state index is 0.0913. The van der Waals surface area contributed by atoms with E-state index in [0.717, 1.165) is 11.0 Å². The molecule has 0 heterocycles. The van der Waals surface area contributed by atoms with Gasteiger partial charge in [0.2, 0.25) is 7.41 Å². The summed E-state index contributed by atoms with van der Waals surface area (Å²) < 4.78 is 0. The van der Waals surface area contributed by atoms with E-state index in [1.807, 2.05) is 12.1 Å². The second-order valence-corrected chi connectivity index (χ2v) is 2.46. The normalized spacial score (nSPS) is 9.27. The Labute approximate surface area is 66.7 Å². The molecule has 0 aliphatic carbocycles. The zero-order valence-electron chi connectivity index (χ0n) is 6.50. The van der Waals surface area contributed by atoms with Crippen LogP contribution in [0.3, 0.4) is 0 Å². The number of hydrogen-bond acceptors (Lipinski definition) is 2. The molecule has 2 nitrogen and oxygen atoms in total. The summed E-state index contributed by atoms with van der Waals surface area (Å²) in [5.74, 6) is 0.0913. The third-order valence-electron chi connectivity index (χ3n) is 1.60. The average molecular weight is 147 g/mol. The van der Waals surface area contributed by atoms with Crippen molar-refractivity contribution in [2.24, 2.45) is 5.64 Å². The summed E-state index contributed by atoms with van der Waals surface area (Å²) in [6.45, 7) is 1.55. The molecule has 1 rings (SSSR count). The minimum Gasteiger partial charge on any atom is -0.369 e. The van der Waals surface area contributed by atoms with Crippen molar-refractivity contribution in [1.82, 2.24) is 0 Å². The van der Waals surface area contributed by atoms with Crippen LogP contribution in [0.1, 0.15) is 17.3 Å². The zero-order chi connectivity index (χ0) is 8.27. The lowest BCUT2D eigenvalue weighted by Crippen LogP contribution is -2.22. The predicted molar refractivity (Wildman–Crippen MR) is 47.4 cm³/mol. The first kappa shape index (κ1) is 8.02. The Morgan fingerprint density at radius 2 is 1.91 bits per heavy atom. The Morgan fingerprint density at radius 3 is 2.27 bits per heavy atom. The van der Waals surface area contributed by atoms with E-state index in [0.29, 0.717) is 7.41 Å². The molecule has 1 aromatic rings. The molecule has 0 saturated heterocycles. The molecular formula is C8H10BNO. The highest BCUT2D eigenvalue weighted by atomic mass is 16.1. The molecule has 0 unspecified atom stereocenters. The van der Waals surface area contributed by atoms with E-state index in [1.54, 1.807) is 19.1 Å². The van der Waals surface area contributed by atoms with Gasteiger partial charge in [-0.3, -0.25) is 4.79 Å². The number of nitrogens with two attached hydrogens (primary N) is 1. The van der Waals surface area contributed by atoms with Gasteiger partial charge in [0.25, 0.3) is 0 Å². The van der Waals surface area contributed by atoms with Gasteiger partial charge in [-0.1, -0.05) is 29.7 Å². The molecule has 0 atom stereocenters. The van der Waals surface area contributed by atoms with E-state index < -0.39 is 0 Å². The van der Waals surface area contributed by atoms with Crippen LogP contribution in [-0.4, -0.2) is 13.2 Å². The smallest absolute Gasteiger partial charge is 0.233 e. The fraction of sp³-hybridized carbons (Fsp3) is 0.125. The highest BCUT2D eigenvalue weighted by Gasteiger charge is 1.97. The maximum absolute atomic E-state index is 10.8. The lowest BCUT2D eigenvalue weighted by molar-refractivity contribution is 0.101. The van der Waals surface area contributed by atoms with Gasteiger partial charge in [0.1, 0.15) is 0 Å². The van der Waals surface area contributed by atoms with Crippen LogP contribution in [0, 0.1) is 0 Å². The molecule has 1 aromatic carbocycles. The molecule has 0 saturated carbocycles. The summed E-state index contributed by atoms with van der Waals surface area (Å²) in [6.07, 6.45) is 0. The summed E-state index contributed by atoms with van der Waals surface area (Å²) in [6, 6.07) is 7.34. The van der Waals surface area contributed by atoms with E-state index in [1.165, 1.54) is 0 Å². The monoisotopic (exact) mass is 147 g/mol. The van der Waals surface area contributed by atoms with Gasteiger partial charge >= 0.3 is 0 Å². The van der Waals surface area contributed by atoms with Crippen molar-refractivity contribution in [3.63, 3.8) is 0 Å². The van der Waals surface area contributed by atoms with Crippen LogP contribution in [0.15, 0.2) is 24.3 Å². The van der Waals surface area contributed by atoms with Crippen LogP contribution in [0.25, 0.3) is 0 Å². The van der Waals surface area contributed by atoms with E-state index >= 15 is 0 Å². The lowest BCUT2D eigenvalue weighted by Gasteiger charge is -1.96. The highest BCUT2D eigenvalue weighted by Crippen LogP contribution is 1.96. The number of rotatable bonds is 2. The van der Waals surface area contributed by atoms with Crippen molar-refractivity contribution in [1.29, 1.82) is 0 Å². The van der Waals surface area contributed by atoms with Crippen LogP contribution in [-0.2, 0) is 0 Å². The van der Waals surface area contributed by atoms with Crippen molar-refractivity contribution in [3.05, 3.63) is 29.8 Å². The molecule has 0 radical (unpaired) electrons. The summed E-state index contributed by atoms with van der Waals surface area (Å²) in [5, 5.41) is 0.